The highest BCUT2D eigenvalue weighted by Gasteiger charge is 2.10. The molecule has 8 heteroatoms. The normalized spacial score (nSPS) is 10.6. The summed E-state index contributed by atoms with van der Waals surface area (Å²) in [5, 5.41) is 0.507. The number of halogens is 2. The molecule has 3 rings (SSSR count). The highest BCUT2D eigenvalue weighted by atomic mass is 35.5. The monoisotopic (exact) mass is 390 g/mol. The molecule has 1 aromatic carbocycles. The third kappa shape index (κ3) is 4.24. The first-order valence-electron chi connectivity index (χ1n) is 7.68. The lowest BCUT2D eigenvalue weighted by atomic mass is 10.1. The fourth-order valence-electron chi connectivity index (χ4n) is 2.28. The first-order valence-corrected chi connectivity index (χ1v) is 8.87. The average molecular weight is 391 g/mol. The zero-order chi connectivity index (χ0) is 18.5. The van der Waals surface area contributed by atoms with E-state index >= 15 is 0 Å². The van der Waals surface area contributed by atoms with Crippen molar-refractivity contribution in [3.63, 3.8) is 0 Å². The second-order valence-corrected chi connectivity index (χ2v) is 6.60. The molecule has 0 radical (unpaired) electrons. The van der Waals surface area contributed by atoms with E-state index in [0.29, 0.717) is 28.7 Å². The molecule has 2 heterocycles. The first-order chi connectivity index (χ1) is 12.6. The maximum absolute atomic E-state index is 14.3. The summed E-state index contributed by atoms with van der Waals surface area (Å²) in [6, 6.07) is 10.2. The van der Waals surface area contributed by atoms with E-state index in [1.165, 1.54) is 24.2 Å². The highest BCUT2D eigenvalue weighted by molar-refractivity contribution is 8.00. The van der Waals surface area contributed by atoms with Crippen LogP contribution >= 0.6 is 23.5 Å². The van der Waals surface area contributed by atoms with Gasteiger partial charge >= 0.3 is 0 Å². The number of nitrogens with one attached hydrogen (secondary N) is 1. The van der Waals surface area contributed by atoms with Gasteiger partial charge in [-0.15, -0.1) is 0 Å². The number of benzene rings is 1. The maximum atomic E-state index is 14.3. The number of ether oxygens (including phenoxy) is 1. The van der Waals surface area contributed by atoms with Crippen LogP contribution in [0.4, 0.5) is 10.1 Å². The van der Waals surface area contributed by atoms with Crippen LogP contribution in [-0.2, 0) is 6.54 Å². The molecule has 0 aliphatic carbocycles. The van der Waals surface area contributed by atoms with Crippen LogP contribution in [0.1, 0.15) is 5.56 Å². The maximum Gasteiger partial charge on any atom is 0.228 e. The van der Waals surface area contributed by atoms with Crippen LogP contribution in [0, 0.1) is 5.82 Å². The molecule has 5 nitrogen and oxygen atoms in total. The van der Waals surface area contributed by atoms with Crippen LogP contribution in [0.5, 0.6) is 5.88 Å². The summed E-state index contributed by atoms with van der Waals surface area (Å²) in [7, 11) is 1.54. The summed E-state index contributed by atoms with van der Waals surface area (Å²) in [5.74, 6) is 0.107. The second kappa shape index (κ2) is 8.35. The third-order valence-electron chi connectivity index (χ3n) is 3.56. The molecule has 3 aromatic rings. The van der Waals surface area contributed by atoms with Gasteiger partial charge in [-0.2, -0.15) is 0 Å². The van der Waals surface area contributed by atoms with Crippen molar-refractivity contribution in [2.45, 2.75) is 11.4 Å². The highest BCUT2D eigenvalue weighted by Crippen LogP contribution is 2.31. The van der Waals surface area contributed by atoms with E-state index in [1.54, 1.807) is 43.6 Å². The van der Waals surface area contributed by atoms with E-state index < -0.39 is 0 Å². The predicted molar refractivity (Wildman–Crippen MR) is 103 cm³/mol. The van der Waals surface area contributed by atoms with E-state index in [2.05, 4.69) is 14.7 Å². The minimum Gasteiger partial charge on any atom is -0.480 e. The van der Waals surface area contributed by atoms with E-state index in [9.17, 15) is 4.39 Å². The van der Waals surface area contributed by atoms with Gasteiger partial charge in [0.2, 0.25) is 5.88 Å². The molecular formula is C18H16ClFN4OS. The van der Waals surface area contributed by atoms with E-state index in [4.69, 9.17) is 22.1 Å². The Morgan fingerprint density at radius 2 is 2.08 bits per heavy atom. The van der Waals surface area contributed by atoms with Gasteiger partial charge in [0, 0.05) is 30.2 Å². The fourth-order valence-corrected chi connectivity index (χ4v) is 3.27. The average Bonchev–Trinajstić information content (AvgIpc) is 2.66. The number of methoxy groups -OCH3 is 1. The number of nitrogens with two attached hydrogens (primary N) is 1. The largest absolute Gasteiger partial charge is 0.480 e. The molecule has 0 unspecified atom stereocenters. The van der Waals surface area contributed by atoms with Gasteiger partial charge in [0.15, 0.2) is 0 Å². The quantitative estimate of drug-likeness (QED) is 0.603. The van der Waals surface area contributed by atoms with Crippen molar-refractivity contribution < 1.29 is 9.13 Å². The molecule has 2 aromatic heterocycles. The van der Waals surface area contributed by atoms with Gasteiger partial charge < -0.3 is 15.2 Å². The molecular weight excluding hydrogens is 375 g/mol. The number of rotatable bonds is 6. The van der Waals surface area contributed by atoms with Gasteiger partial charge in [-0.05, 0) is 47.8 Å². The van der Waals surface area contributed by atoms with Gasteiger partial charge in [-0.1, -0.05) is 17.7 Å². The van der Waals surface area contributed by atoms with Crippen LogP contribution in [-0.4, -0.2) is 17.1 Å². The van der Waals surface area contributed by atoms with Crippen molar-refractivity contribution in [1.82, 2.24) is 9.97 Å². The molecule has 0 amide bonds. The van der Waals surface area contributed by atoms with Crippen LogP contribution in [0.25, 0.3) is 11.3 Å². The van der Waals surface area contributed by atoms with Crippen LogP contribution in [0.15, 0.2) is 53.7 Å². The Bertz CT molecular complexity index is 925. The lowest BCUT2D eigenvalue weighted by Gasteiger charge is -2.10. The Morgan fingerprint density at radius 3 is 2.81 bits per heavy atom. The lowest BCUT2D eigenvalue weighted by molar-refractivity contribution is 0.387. The molecule has 0 saturated heterocycles. The zero-order valence-corrected chi connectivity index (χ0v) is 15.4. The predicted octanol–water partition coefficient (Wildman–Crippen LogP) is 4.52. The molecule has 0 aliphatic heterocycles. The standard InChI is InChI=1S/C18H16ClFN4OS/c1-25-18-17(7-12(19)10-23-18)26-24-13-4-5-22-16(8-13)14-3-2-11(9-21)6-15(14)20/h2-8,10H,9,21H2,1H3,(H,22,24). The summed E-state index contributed by atoms with van der Waals surface area (Å²) in [5.41, 5.74) is 7.96. The summed E-state index contributed by atoms with van der Waals surface area (Å²) in [4.78, 5) is 9.10. The summed E-state index contributed by atoms with van der Waals surface area (Å²) >= 11 is 7.28. The lowest BCUT2D eigenvalue weighted by Crippen LogP contribution is -1.98. The number of nitrogens with zero attached hydrogens (tertiary/aromatic N) is 2. The SMILES string of the molecule is COc1ncc(Cl)cc1SNc1ccnc(-c2ccc(CN)cc2F)c1. The van der Waals surface area contributed by atoms with Crippen molar-refractivity contribution in [2.24, 2.45) is 5.73 Å². The molecule has 0 saturated carbocycles. The minimum atomic E-state index is -0.356. The Balaban J connectivity index is 1.81. The van der Waals surface area contributed by atoms with E-state index in [0.717, 1.165) is 16.1 Å². The number of anilines is 1. The molecule has 134 valence electrons. The number of aromatic nitrogens is 2. The van der Waals surface area contributed by atoms with Crippen molar-refractivity contribution >= 4 is 29.2 Å². The van der Waals surface area contributed by atoms with E-state index in [-0.39, 0.29) is 5.82 Å². The van der Waals surface area contributed by atoms with Gasteiger partial charge in [-0.25, -0.2) is 9.37 Å². The van der Waals surface area contributed by atoms with Gasteiger partial charge in [0.25, 0.3) is 0 Å². The molecule has 0 bridgehead atoms. The van der Waals surface area contributed by atoms with Gasteiger partial charge in [0.05, 0.1) is 22.7 Å². The molecule has 0 atom stereocenters. The van der Waals surface area contributed by atoms with Crippen molar-refractivity contribution in [2.75, 3.05) is 11.8 Å². The summed E-state index contributed by atoms with van der Waals surface area (Å²) < 4.78 is 22.7. The topological polar surface area (TPSA) is 73.1 Å². The molecule has 0 aliphatic rings. The number of hydrogen-bond donors (Lipinski definition) is 2. The summed E-state index contributed by atoms with van der Waals surface area (Å²) in [6.07, 6.45) is 3.13. The van der Waals surface area contributed by atoms with Gasteiger partial charge in [0.1, 0.15) is 5.82 Å². The Morgan fingerprint density at radius 1 is 1.23 bits per heavy atom. The van der Waals surface area contributed by atoms with Crippen LogP contribution in [0.3, 0.4) is 0 Å². The van der Waals surface area contributed by atoms with Crippen molar-refractivity contribution in [1.29, 1.82) is 0 Å². The molecule has 0 spiro atoms. The van der Waals surface area contributed by atoms with Crippen molar-refractivity contribution in [3.8, 4) is 17.1 Å². The zero-order valence-electron chi connectivity index (χ0n) is 13.9. The number of hydrogen-bond acceptors (Lipinski definition) is 6. The molecule has 26 heavy (non-hydrogen) atoms. The number of pyridine rings is 2. The summed E-state index contributed by atoms with van der Waals surface area (Å²) in [6.45, 7) is 0.290. The Labute approximate surface area is 159 Å². The smallest absolute Gasteiger partial charge is 0.228 e. The Kier molecular flexibility index (Phi) is 5.92. The first kappa shape index (κ1) is 18.4. The van der Waals surface area contributed by atoms with Crippen LogP contribution in [0.2, 0.25) is 5.02 Å². The molecule has 3 N–H and O–H groups in total. The van der Waals surface area contributed by atoms with E-state index in [1.807, 2.05) is 0 Å². The third-order valence-corrected chi connectivity index (χ3v) is 4.62. The van der Waals surface area contributed by atoms with Crippen LogP contribution < -0.4 is 15.2 Å². The second-order valence-electron chi connectivity index (χ2n) is 5.31. The van der Waals surface area contributed by atoms with Crippen molar-refractivity contribution in [3.05, 3.63) is 65.2 Å². The fraction of sp³-hybridized carbons (Fsp3) is 0.111. The Hall–Kier alpha value is -2.35. The minimum absolute atomic E-state index is 0.290. The molecule has 0 fully saturated rings. The van der Waals surface area contributed by atoms with Gasteiger partial charge in [-0.3, -0.25) is 4.98 Å².